The van der Waals surface area contributed by atoms with Crippen LogP contribution < -0.4 is 5.32 Å². The van der Waals surface area contributed by atoms with E-state index in [-0.39, 0.29) is 5.91 Å². The molecule has 2 heterocycles. The van der Waals surface area contributed by atoms with Gasteiger partial charge in [-0.25, -0.2) is 4.99 Å². The van der Waals surface area contributed by atoms with E-state index in [1.165, 1.54) is 11.8 Å². The Morgan fingerprint density at radius 2 is 2.00 bits per heavy atom. The molecule has 4 rings (SSSR count). The SMILES string of the molecule is Cn1cc(C=C2SC(=Nc3ccc(Cl)cc3Cl)NC2=O)c2ccccc21. The Bertz CT molecular complexity index is 1100. The molecule has 0 saturated carbocycles. The Morgan fingerprint density at radius 3 is 2.81 bits per heavy atom. The maximum Gasteiger partial charge on any atom is 0.264 e. The third-order valence-electron chi connectivity index (χ3n) is 4.00. The zero-order chi connectivity index (χ0) is 18.3. The van der Waals surface area contributed by atoms with Crippen molar-refractivity contribution >= 4 is 68.7 Å². The van der Waals surface area contributed by atoms with Gasteiger partial charge in [0.15, 0.2) is 5.17 Å². The second-order valence-electron chi connectivity index (χ2n) is 5.79. The lowest BCUT2D eigenvalue weighted by Gasteiger charge is -1.99. The number of amides is 1. The van der Waals surface area contributed by atoms with E-state index >= 15 is 0 Å². The number of amidine groups is 1. The number of aliphatic imine (C=N–C) groups is 1. The third-order valence-corrected chi connectivity index (χ3v) is 5.44. The molecule has 0 bridgehead atoms. The second-order valence-corrected chi connectivity index (χ2v) is 7.66. The monoisotopic (exact) mass is 401 g/mol. The van der Waals surface area contributed by atoms with Gasteiger partial charge in [-0.3, -0.25) is 4.79 Å². The number of carbonyl (C=O) groups is 1. The van der Waals surface area contributed by atoms with Gasteiger partial charge in [0, 0.05) is 34.7 Å². The van der Waals surface area contributed by atoms with Crippen LogP contribution in [0.3, 0.4) is 0 Å². The van der Waals surface area contributed by atoms with Crippen molar-refractivity contribution < 1.29 is 4.79 Å². The Hall–Kier alpha value is -2.21. The first-order valence-electron chi connectivity index (χ1n) is 7.80. The quantitative estimate of drug-likeness (QED) is 0.586. The maximum absolute atomic E-state index is 12.3. The lowest BCUT2D eigenvalue weighted by molar-refractivity contribution is -0.115. The predicted octanol–water partition coefficient (Wildman–Crippen LogP) is 5.38. The first kappa shape index (κ1) is 17.2. The Kier molecular flexibility index (Phi) is 4.53. The van der Waals surface area contributed by atoms with Crippen molar-refractivity contribution in [1.29, 1.82) is 0 Å². The number of fused-ring (bicyclic) bond motifs is 1. The molecule has 1 fully saturated rings. The summed E-state index contributed by atoms with van der Waals surface area (Å²) in [6.07, 6.45) is 3.89. The molecule has 0 unspecified atom stereocenters. The largest absolute Gasteiger partial charge is 0.350 e. The molecule has 0 aliphatic carbocycles. The van der Waals surface area contributed by atoms with Crippen LogP contribution in [0.15, 0.2) is 58.6 Å². The molecule has 0 atom stereocenters. The molecule has 3 aromatic rings. The number of aromatic nitrogens is 1. The summed E-state index contributed by atoms with van der Waals surface area (Å²) >= 11 is 13.3. The lowest BCUT2D eigenvalue weighted by Crippen LogP contribution is -2.19. The molecule has 1 amide bonds. The van der Waals surface area contributed by atoms with Gasteiger partial charge in [0.05, 0.1) is 15.6 Å². The number of aryl methyl sites for hydroxylation is 1. The van der Waals surface area contributed by atoms with Crippen LogP contribution >= 0.6 is 35.0 Å². The summed E-state index contributed by atoms with van der Waals surface area (Å²) < 4.78 is 2.04. The van der Waals surface area contributed by atoms with E-state index in [2.05, 4.69) is 16.4 Å². The van der Waals surface area contributed by atoms with Crippen molar-refractivity contribution in [3.8, 4) is 0 Å². The van der Waals surface area contributed by atoms with Gasteiger partial charge < -0.3 is 9.88 Å². The number of para-hydroxylation sites is 1. The lowest BCUT2D eigenvalue weighted by atomic mass is 10.1. The second kappa shape index (κ2) is 6.83. The third kappa shape index (κ3) is 3.26. The van der Waals surface area contributed by atoms with E-state index in [0.29, 0.717) is 25.8 Å². The smallest absolute Gasteiger partial charge is 0.264 e. The number of carbonyl (C=O) groups excluding carboxylic acids is 1. The van der Waals surface area contributed by atoms with Gasteiger partial charge in [-0.2, -0.15) is 0 Å². The molecule has 0 radical (unpaired) electrons. The molecule has 1 aliphatic heterocycles. The van der Waals surface area contributed by atoms with Gasteiger partial charge >= 0.3 is 0 Å². The van der Waals surface area contributed by atoms with Gasteiger partial charge in [-0.15, -0.1) is 0 Å². The average Bonchev–Trinajstić information content (AvgIpc) is 3.11. The molecule has 26 heavy (non-hydrogen) atoms. The standard InChI is InChI=1S/C19H13Cl2N3OS/c1-24-10-11(13-4-2-3-5-16(13)24)8-17-18(25)23-19(26-17)22-15-7-6-12(20)9-14(15)21/h2-10H,1H3,(H,22,23,25). The fraction of sp³-hybridized carbons (Fsp3) is 0.0526. The number of nitrogens with one attached hydrogen (secondary N) is 1. The predicted molar refractivity (Wildman–Crippen MR) is 110 cm³/mol. The van der Waals surface area contributed by atoms with Crippen molar-refractivity contribution in [1.82, 2.24) is 9.88 Å². The van der Waals surface area contributed by atoms with Gasteiger partial charge in [-0.05, 0) is 42.1 Å². The van der Waals surface area contributed by atoms with Crippen LogP contribution in [0.25, 0.3) is 17.0 Å². The number of halogens is 2. The molecule has 1 saturated heterocycles. The fourth-order valence-corrected chi connectivity index (χ4v) is 4.07. The molecular weight excluding hydrogens is 389 g/mol. The first-order chi connectivity index (χ1) is 12.5. The summed E-state index contributed by atoms with van der Waals surface area (Å²) in [5.41, 5.74) is 2.67. The number of nitrogens with zero attached hydrogens (tertiary/aromatic N) is 2. The normalized spacial score (nSPS) is 17.4. The van der Waals surface area contributed by atoms with Crippen LogP contribution in [0.5, 0.6) is 0 Å². The van der Waals surface area contributed by atoms with Crippen LogP contribution in [0.1, 0.15) is 5.56 Å². The summed E-state index contributed by atoms with van der Waals surface area (Å²) in [5.74, 6) is -0.174. The summed E-state index contributed by atoms with van der Waals surface area (Å²) in [6, 6.07) is 13.1. The zero-order valence-electron chi connectivity index (χ0n) is 13.7. The van der Waals surface area contributed by atoms with Crippen molar-refractivity contribution in [2.75, 3.05) is 0 Å². The van der Waals surface area contributed by atoms with E-state index in [1.807, 2.05) is 42.1 Å². The minimum absolute atomic E-state index is 0.174. The number of hydrogen-bond donors (Lipinski definition) is 1. The summed E-state index contributed by atoms with van der Waals surface area (Å²) in [4.78, 5) is 17.3. The molecular formula is C19H13Cl2N3OS. The van der Waals surface area contributed by atoms with E-state index < -0.39 is 0 Å². The Balaban J connectivity index is 1.67. The van der Waals surface area contributed by atoms with Crippen molar-refractivity contribution in [2.24, 2.45) is 12.0 Å². The Labute approximate surface area is 164 Å². The minimum Gasteiger partial charge on any atom is -0.350 e. The van der Waals surface area contributed by atoms with Gasteiger partial charge in [-0.1, -0.05) is 41.4 Å². The highest BCUT2D eigenvalue weighted by Crippen LogP contribution is 2.33. The summed E-state index contributed by atoms with van der Waals surface area (Å²) in [7, 11) is 1.99. The molecule has 1 aromatic heterocycles. The first-order valence-corrected chi connectivity index (χ1v) is 9.37. The Morgan fingerprint density at radius 1 is 1.19 bits per heavy atom. The number of benzene rings is 2. The highest BCUT2D eigenvalue weighted by molar-refractivity contribution is 8.18. The summed E-state index contributed by atoms with van der Waals surface area (Å²) in [6.45, 7) is 0. The van der Waals surface area contributed by atoms with Gasteiger partial charge in [0.2, 0.25) is 0 Å². The molecule has 1 aliphatic rings. The highest BCUT2D eigenvalue weighted by atomic mass is 35.5. The van der Waals surface area contributed by atoms with Crippen molar-refractivity contribution in [3.63, 3.8) is 0 Å². The number of thioether (sulfide) groups is 1. The molecule has 0 spiro atoms. The fourth-order valence-electron chi connectivity index (χ4n) is 2.79. The van der Waals surface area contributed by atoms with E-state index in [0.717, 1.165) is 16.5 Å². The van der Waals surface area contributed by atoms with Crippen molar-refractivity contribution in [2.45, 2.75) is 0 Å². The van der Waals surface area contributed by atoms with E-state index in [9.17, 15) is 4.79 Å². The van der Waals surface area contributed by atoms with Gasteiger partial charge in [0.1, 0.15) is 0 Å². The van der Waals surface area contributed by atoms with Crippen molar-refractivity contribution in [3.05, 3.63) is 69.2 Å². The highest BCUT2D eigenvalue weighted by Gasteiger charge is 2.24. The average molecular weight is 402 g/mol. The maximum atomic E-state index is 12.3. The zero-order valence-corrected chi connectivity index (χ0v) is 16.0. The number of hydrogen-bond acceptors (Lipinski definition) is 3. The van der Waals surface area contributed by atoms with Crippen LogP contribution in [0, 0.1) is 0 Å². The van der Waals surface area contributed by atoms with Crippen LogP contribution in [0.4, 0.5) is 5.69 Å². The van der Waals surface area contributed by atoms with Crippen LogP contribution in [0.2, 0.25) is 10.0 Å². The van der Waals surface area contributed by atoms with E-state index in [1.54, 1.807) is 18.2 Å². The molecule has 2 aromatic carbocycles. The molecule has 1 N–H and O–H groups in total. The van der Waals surface area contributed by atoms with Gasteiger partial charge in [0.25, 0.3) is 5.91 Å². The van der Waals surface area contributed by atoms with E-state index in [4.69, 9.17) is 23.2 Å². The topological polar surface area (TPSA) is 46.4 Å². The minimum atomic E-state index is -0.174. The molecule has 4 nitrogen and oxygen atoms in total. The summed E-state index contributed by atoms with van der Waals surface area (Å²) in [5, 5.41) is 5.34. The van der Waals surface area contributed by atoms with Crippen LogP contribution in [-0.4, -0.2) is 15.6 Å². The van der Waals surface area contributed by atoms with Crippen LogP contribution in [-0.2, 0) is 11.8 Å². The molecule has 130 valence electrons. The molecule has 7 heteroatoms. The number of rotatable bonds is 2.